The molecule has 4 heteroatoms. The fourth-order valence-corrected chi connectivity index (χ4v) is 3.06. The highest BCUT2D eigenvalue weighted by molar-refractivity contribution is 4.86. The van der Waals surface area contributed by atoms with E-state index in [-0.39, 0.29) is 5.41 Å². The summed E-state index contributed by atoms with van der Waals surface area (Å²) in [7, 11) is 0. The van der Waals surface area contributed by atoms with Crippen LogP contribution in [0.2, 0.25) is 0 Å². The zero-order chi connectivity index (χ0) is 13.7. The summed E-state index contributed by atoms with van der Waals surface area (Å²) < 4.78 is 5.93. The number of fused-ring (bicyclic) bond motifs is 1. The molecule has 2 fully saturated rings. The van der Waals surface area contributed by atoms with E-state index in [4.69, 9.17) is 10.00 Å². The van der Waals surface area contributed by atoms with Crippen molar-refractivity contribution >= 4 is 0 Å². The topological polar surface area (TPSA) is 48.3 Å². The van der Waals surface area contributed by atoms with Gasteiger partial charge in [-0.05, 0) is 31.2 Å². The zero-order valence-corrected chi connectivity index (χ0v) is 12.3. The quantitative estimate of drug-likeness (QED) is 0.795. The van der Waals surface area contributed by atoms with Crippen molar-refractivity contribution in [2.45, 2.75) is 51.7 Å². The number of hydrogen-bond donors (Lipinski definition) is 1. The number of hydrogen-bond acceptors (Lipinski definition) is 4. The van der Waals surface area contributed by atoms with Crippen LogP contribution in [0.1, 0.15) is 39.5 Å². The van der Waals surface area contributed by atoms with E-state index in [0.29, 0.717) is 18.6 Å². The van der Waals surface area contributed by atoms with Crippen molar-refractivity contribution in [2.75, 3.05) is 32.8 Å². The van der Waals surface area contributed by atoms with Gasteiger partial charge in [-0.1, -0.05) is 13.8 Å². The molecule has 0 aromatic carbocycles. The number of morpholine rings is 1. The summed E-state index contributed by atoms with van der Waals surface area (Å²) in [4.78, 5) is 2.58. The fourth-order valence-electron chi connectivity index (χ4n) is 3.06. The molecule has 2 aliphatic rings. The van der Waals surface area contributed by atoms with E-state index >= 15 is 0 Å². The molecule has 2 aliphatic heterocycles. The minimum Gasteiger partial charge on any atom is -0.374 e. The van der Waals surface area contributed by atoms with E-state index < -0.39 is 0 Å². The Labute approximate surface area is 117 Å². The molecular weight excluding hydrogens is 238 g/mol. The number of rotatable bonds is 6. The SMILES string of the molecule is CC(C)(CCC#N)CNCC1CN2CCCC2CO1. The van der Waals surface area contributed by atoms with E-state index in [1.54, 1.807) is 0 Å². The number of nitrogens with one attached hydrogen (secondary N) is 1. The molecule has 2 unspecified atom stereocenters. The van der Waals surface area contributed by atoms with E-state index in [0.717, 1.165) is 32.7 Å². The van der Waals surface area contributed by atoms with Crippen molar-refractivity contribution in [3.8, 4) is 6.07 Å². The van der Waals surface area contributed by atoms with Crippen LogP contribution in [0.4, 0.5) is 0 Å². The maximum absolute atomic E-state index is 8.65. The number of ether oxygens (including phenoxy) is 1. The second kappa shape index (κ2) is 6.69. The average molecular weight is 265 g/mol. The molecule has 2 rings (SSSR count). The maximum Gasteiger partial charge on any atom is 0.0826 e. The Morgan fingerprint density at radius 1 is 1.47 bits per heavy atom. The Hall–Kier alpha value is -0.630. The van der Waals surface area contributed by atoms with Crippen LogP contribution in [-0.2, 0) is 4.74 Å². The van der Waals surface area contributed by atoms with E-state index in [1.807, 2.05) is 0 Å². The first-order valence-corrected chi connectivity index (χ1v) is 7.54. The molecule has 0 aromatic heterocycles. The molecular formula is C15H27N3O. The van der Waals surface area contributed by atoms with Crippen LogP contribution >= 0.6 is 0 Å². The van der Waals surface area contributed by atoms with E-state index in [2.05, 4.69) is 30.1 Å². The first-order valence-electron chi connectivity index (χ1n) is 7.54. The Morgan fingerprint density at radius 2 is 2.32 bits per heavy atom. The summed E-state index contributed by atoms with van der Waals surface area (Å²) in [5.41, 5.74) is 0.195. The average Bonchev–Trinajstić information content (AvgIpc) is 2.83. The second-order valence-electron chi connectivity index (χ2n) is 6.70. The van der Waals surface area contributed by atoms with E-state index in [1.165, 1.54) is 19.4 Å². The zero-order valence-electron chi connectivity index (χ0n) is 12.3. The van der Waals surface area contributed by atoms with Crippen molar-refractivity contribution < 1.29 is 4.74 Å². The van der Waals surface area contributed by atoms with Crippen molar-refractivity contribution in [3.63, 3.8) is 0 Å². The van der Waals surface area contributed by atoms with Gasteiger partial charge in [-0.15, -0.1) is 0 Å². The second-order valence-corrected chi connectivity index (χ2v) is 6.70. The molecule has 108 valence electrons. The summed E-state index contributed by atoms with van der Waals surface area (Å²) in [6.45, 7) is 9.56. The molecule has 0 aromatic rings. The van der Waals surface area contributed by atoms with Crippen LogP contribution in [0.25, 0.3) is 0 Å². The van der Waals surface area contributed by atoms with Gasteiger partial charge in [0.1, 0.15) is 0 Å². The number of nitriles is 1. The first kappa shape index (κ1) is 14.8. The van der Waals surface area contributed by atoms with E-state index in [9.17, 15) is 0 Å². The molecule has 19 heavy (non-hydrogen) atoms. The van der Waals surface area contributed by atoms with Gasteiger partial charge in [0.25, 0.3) is 0 Å². The Bertz CT molecular complexity index is 324. The highest BCUT2D eigenvalue weighted by Crippen LogP contribution is 2.23. The predicted molar refractivity (Wildman–Crippen MR) is 75.8 cm³/mol. The maximum atomic E-state index is 8.65. The molecule has 0 bridgehead atoms. The lowest BCUT2D eigenvalue weighted by Gasteiger charge is -2.36. The molecule has 2 heterocycles. The summed E-state index contributed by atoms with van der Waals surface area (Å²) >= 11 is 0. The van der Waals surface area contributed by atoms with Crippen molar-refractivity contribution in [1.29, 1.82) is 5.26 Å². The third-order valence-electron chi connectivity index (χ3n) is 4.35. The molecule has 4 nitrogen and oxygen atoms in total. The Balaban J connectivity index is 1.64. The molecule has 0 radical (unpaired) electrons. The summed E-state index contributed by atoms with van der Waals surface area (Å²) in [5.74, 6) is 0. The van der Waals surface area contributed by atoms with Crippen LogP contribution < -0.4 is 5.32 Å². The third kappa shape index (κ3) is 4.45. The van der Waals surface area contributed by atoms with Crippen LogP contribution in [0.5, 0.6) is 0 Å². The lowest BCUT2D eigenvalue weighted by molar-refractivity contribution is -0.0475. The largest absolute Gasteiger partial charge is 0.374 e. The molecule has 0 amide bonds. The smallest absolute Gasteiger partial charge is 0.0826 e. The van der Waals surface area contributed by atoms with Gasteiger partial charge < -0.3 is 10.1 Å². The van der Waals surface area contributed by atoms with Gasteiger partial charge in [0.15, 0.2) is 0 Å². The molecule has 0 spiro atoms. The monoisotopic (exact) mass is 265 g/mol. The summed E-state index contributed by atoms with van der Waals surface area (Å²) in [5, 5.41) is 12.2. The normalized spacial score (nSPS) is 28.1. The molecule has 1 N–H and O–H groups in total. The lowest BCUT2D eigenvalue weighted by Crippen LogP contribution is -2.50. The highest BCUT2D eigenvalue weighted by Gasteiger charge is 2.32. The van der Waals surface area contributed by atoms with Crippen LogP contribution in [-0.4, -0.2) is 49.8 Å². The van der Waals surface area contributed by atoms with Crippen LogP contribution in [0.3, 0.4) is 0 Å². The van der Waals surface area contributed by atoms with Gasteiger partial charge in [-0.3, -0.25) is 4.90 Å². The fraction of sp³-hybridized carbons (Fsp3) is 0.933. The third-order valence-corrected chi connectivity index (χ3v) is 4.35. The lowest BCUT2D eigenvalue weighted by atomic mass is 9.88. The number of nitrogens with zero attached hydrogens (tertiary/aromatic N) is 2. The van der Waals surface area contributed by atoms with Crippen LogP contribution in [0, 0.1) is 16.7 Å². The standard InChI is InChI=1S/C15H27N3O/c1-15(2,6-4-7-16)12-17-9-14-10-18-8-3-5-13(18)11-19-14/h13-14,17H,3-6,8-12H2,1-2H3. The summed E-state index contributed by atoms with van der Waals surface area (Å²) in [6.07, 6.45) is 4.57. The Morgan fingerprint density at radius 3 is 3.11 bits per heavy atom. The molecule has 2 atom stereocenters. The predicted octanol–water partition coefficient (Wildman–Crippen LogP) is 1.77. The molecule has 0 saturated carbocycles. The molecule has 0 aliphatic carbocycles. The minimum atomic E-state index is 0.195. The van der Waals surface area contributed by atoms with Crippen molar-refractivity contribution in [2.24, 2.45) is 5.41 Å². The van der Waals surface area contributed by atoms with Gasteiger partial charge in [-0.2, -0.15) is 5.26 Å². The van der Waals surface area contributed by atoms with Crippen molar-refractivity contribution in [1.82, 2.24) is 10.2 Å². The van der Waals surface area contributed by atoms with Gasteiger partial charge in [-0.25, -0.2) is 0 Å². The van der Waals surface area contributed by atoms with Gasteiger partial charge in [0.2, 0.25) is 0 Å². The highest BCUT2D eigenvalue weighted by atomic mass is 16.5. The van der Waals surface area contributed by atoms with Crippen LogP contribution in [0.15, 0.2) is 0 Å². The van der Waals surface area contributed by atoms with Gasteiger partial charge in [0.05, 0.1) is 18.8 Å². The first-order chi connectivity index (χ1) is 9.11. The minimum absolute atomic E-state index is 0.195. The van der Waals surface area contributed by atoms with Crippen molar-refractivity contribution in [3.05, 3.63) is 0 Å². The molecule has 2 saturated heterocycles. The van der Waals surface area contributed by atoms with Gasteiger partial charge in [0, 0.05) is 32.1 Å². The van der Waals surface area contributed by atoms with Gasteiger partial charge >= 0.3 is 0 Å². The summed E-state index contributed by atoms with van der Waals surface area (Å²) in [6, 6.07) is 2.91. The Kier molecular flexibility index (Phi) is 5.20.